The van der Waals surface area contributed by atoms with Gasteiger partial charge in [0.2, 0.25) is 5.82 Å². The number of ether oxygens (including phenoxy) is 1. The van der Waals surface area contributed by atoms with Crippen LogP contribution in [0.3, 0.4) is 0 Å². The molecule has 1 N–H and O–H groups in total. The Morgan fingerprint density at radius 3 is 2.84 bits per heavy atom. The lowest BCUT2D eigenvalue weighted by Gasteiger charge is -2.24. The fourth-order valence-corrected chi connectivity index (χ4v) is 4.76. The number of likely N-dealkylation sites (N-methyl/N-ethyl adjacent to an activating group) is 1. The topological polar surface area (TPSA) is 105 Å². The summed E-state index contributed by atoms with van der Waals surface area (Å²) in [4.78, 5) is 37.6. The number of nitrogens with zero attached hydrogens (tertiary/aromatic N) is 6. The first-order valence-electron chi connectivity index (χ1n) is 12.2. The number of pyridine rings is 1. The van der Waals surface area contributed by atoms with Crippen LogP contribution in [-0.2, 0) is 17.8 Å². The number of hydrogen-bond donors (Lipinski definition) is 1. The molecule has 2 aromatic carbocycles. The molecule has 10 nitrogen and oxygen atoms in total. The van der Waals surface area contributed by atoms with E-state index in [0.29, 0.717) is 24.5 Å². The number of fused-ring (bicyclic) bond motifs is 2. The molecule has 6 rings (SSSR count). The Morgan fingerprint density at radius 2 is 2.00 bits per heavy atom. The molecule has 2 amide bonds. The average molecular weight is 514 g/mol. The molecule has 0 fully saturated rings. The molecule has 192 valence electrons. The van der Waals surface area contributed by atoms with Crippen LogP contribution in [0.1, 0.15) is 21.7 Å². The van der Waals surface area contributed by atoms with Crippen molar-refractivity contribution in [1.82, 2.24) is 25.1 Å². The molecule has 0 unspecified atom stereocenters. The summed E-state index contributed by atoms with van der Waals surface area (Å²) >= 11 is 0. The SMILES string of the molecule is CN1C(=O)[C@@H](NC(=O)c2ncn(Cc3ccccc3)n2)COc2cc(F)c(N3CCc4ccncc43)cc21. The van der Waals surface area contributed by atoms with Crippen LogP contribution in [0, 0.1) is 5.82 Å². The fraction of sp³-hybridized carbons (Fsp3) is 0.222. The van der Waals surface area contributed by atoms with Crippen LogP contribution in [0.25, 0.3) is 0 Å². The first-order chi connectivity index (χ1) is 18.5. The Labute approximate surface area is 217 Å². The summed E-state index contributed by atoms with van der Waals surface area (Å²) in [5, 5.41) is 6.89. The lowest BCUT2D eigenvalue weighted by Crippen LogP contribution is -2.49. The summed E-state index contributed by atoms with van der Waals surface area (Å²) in [6.07, 6.45) is 5.65. The van der Waals surface area contributed by atoms with Gasteiger partial charge in [0, 0.05) is 25.9 Å². The molecule has 0 saturated heterocycles. The number of halogens is 1. The minimum Gasteiger partial charge on any atom is -0.489 e. The molecule has 0 spiro atoms. The van der Waals surface area contributed by atoms with Crippen molar-refractivity contribution >= 4 is 28.9 Å². The Balaban J connectivity index is 1.19. The van der Waals surface area contributed by atoms with Crippen molar-refractivity contribution in [3.05, 3.63) is 90.0 Å². The number of carbonyl (C=O) groups is 2. The summed E-state index contributed by atoms with van der Waals surface area (Å²) in [6.45, 7) is 0.885. The zero-order valence-corrected chi connectivity index (χ0v) is 20.5. The van der Waals surface area contributed by atoms with E-state index >= 15 is 4.39 Å². The van der Waals surface area contributed by atoms with Crippen molar-refractivity contribution in [2.45, 2.75) is 19.0 Å². The van der Waals surface area contributed by atoms with Gasteiger partial charge in [-0.1, -0.05) is 30.3 Å². The molecule has 4 heterocycles. The third-order valence-electron chi connectivity index (χ3n) is 6.73. The van der Waals surface area contributed by atoms with Gasteiger partial charge in [-0.25, -0.2) is 14.1 Å². The molecule has 0 bridgehead atoms. The fourth-order valence-electron chi connectivity index (χ4n) is 4.76. The molecule has 2 aliphatic heterocycles. The van der Waals surface area contributed by atoms with E-state index in [4.69, 9.17) is 4.74 Å². The second kappa shape index (κ2) is 9.58. The van der Waals surface area contributed by atoms with Gasteiger partial charge in [-0.3, -0.25) is 14.6 Å². The van der Waals surface area contributed by atoms with Crippen LogP contribution in [0.5, 0.6) is 5.75 Å². The summed E-state index contributed by atoms with van der Waals surface area (Å²) in [7, 11) is 1.57. The van der Waals surface area contributed by atoms with Gasteiger partial charge < -0.3 is 19.9 Å². The zero-order valence-electron chi connectivity index (χ0n) is 20.5. The quantitative estimate of drug-likeness (QED) is 0.438. The van der Waals surface area contributed by atoms with Crippen LogP contribution in [0.2, 0.25) is 0 Å². The number of hydrogen-bond acceptors (Lipinski definition) is 7. The van der Waals surface area contributed by atoms with E-state index in [9.17, 15) is 9.59 Å². The Bertz CT molecular complexity index is 1520. The Hall–Kier alpha value is -4.80. The van der Waals surface area contributed by atoms with Crippen LogP contribution in [-0.4, -0.2) is 57.8 Å². The highest BCUT2D eigenvalue weighted by atomic mass is 19.1. The molecule has 2 aliphatic rings. The zero-order chi connectivity index (χ0) is 26.2. The largest absolute Gasteiger partial charge is 0.489 e. The van der Waals surface area contributed by atoms with Gasteiger partial charge in [0.15, 0.2) is 5.82 Å². The molecule has 0 saturated carbocycles. The number of carbonyl (C=O) groups excluding carboxylic acids is 2. The normalized spacial score (nSPS) is 16.5. The van der Waals surface area contributed by atoms with Gasteiger partial charge in [-0.05, 0) is 29.7 Å². The summed E-state index contributed by atoms with van der Waals surface area (Å²) < 4.78 is 22.6. The lowest BCUT2D eigenvalue weighted by molar-refractivity contribution is -0.120. The van der Waals surface area contributed by atoms with Gasteiger partial charge in [0.25, 0.3) is 11.8 Å². The van der Waals surface area contributed by atoms with Gasteiger partial charge in [-0.2, -0.15) is 0 Å². The van der Waals surface area contributed by atoms with Gasteiger partial charge in [0.1, 0.15) is 24.7 Å². The predicted molar refractivity (Wildman–Crippen MR) is 137 cm³/mol. The van der Waals surface area contributed by atoms with E-state index in [1.54, 1.807) is 30.2 Å². The van der Waals surface area contributed by atoms with E-state index in [-0.39, 0.29) is 18.2 Å². The Morgan fingerprint density at radius 1 is 1.16 bits per heavy atom. The molecule has 4 aromatic rings. The minimum atomic E-state index is -1.01. The third-order valence-corrected chi connectivity index (χ3v) is 6.73. The number of benzene rings is 2. The van der Waals surface area contributed by atoms with Crippen LogP contribution in [0.15, 0.2) is 67.3 Å². The highest BCUT2D eigenvalue weighted by molar-refractivity contribution is 6.02. The van der Waals surface area contributed by atoms with Crippen LogP contribution >= 0.6 is 0 Å². The van der Waals surface area contributed by atoms with Crippen molar-refractivity contribution in [3.8, 4) is 5.75 Å². The molecule has 38 heavy (non-hydrogen) atoms. The minimum absolute atomic E-state index is 0.0622. The number of nitrogens with one attached hydrogen (secondary N) is 1. The molecular formula is C27H24FN7O3. The summed E-state index contributed by atoms with van der Waals surface area (Å²) in [6, 6.07) is 13.4. The smallest absolute Gasteiger partial charge is 0.291 e. The highest BCUT2D eigenvalue weighted by Gasteiger charge is 2.33. The van der Waals surface area contributed by atoms with E-state index < -0.39 is 23.7 Å². The number of amides is 2. The first kappa shape index (κ1) is 23.6. The summed E-state index contributed by atoms with van der Waals surface area (Å²) in [5.41, 5.74) is 3.66. The van der Waals surface area contributed by atoms with E-state index in [2.05, 4.69) is 20.4 Å². The number of anilines is 3. The average Bonchev–Trinajstić information content (AvgIpc) is 3.56. The predicted octanol–water partition coefficient (Wildman–Crippen LogP) is 2.71. The maximum Gasteiger partial charge on any atom is 0.291 e. The Kier molecular flexibility index (Phi) is 5.95. The molecule has 2 aromatic heterocycles. The number of rotatable bonds is 5. The third kappa shape index (κ3) is 4.32. The van der Waals surface area contributed by atoms with Crippen molar-refractivity contribution in [2.24, 2.45) is 0 Å². The number of aromatic nitrogens is 4. The van der Waals surface area contributed by atoms with Crippen molar-refractivity contribution in [2.75, 3.05) is 30.0 Å². The van der Waals surface area contributed by atoms with Crippen molar-refractivity contribution in [3.63, 3.8) is 0 Å². The van der Waals surface area contributed by atoms with Crippen molar-refractivity contribution in [1.29, 1.82) is 0 Å². The molecule has 11 heteroatoms. The van der Waals surface area contributed by atoms with E-state index in [1.165, 1.54) is 17.3 Å². The second-order valence-corrected chi connectivity index (χ2v) is 9.16. The second-order valence-electron chi connectivity index (χ2n) is 9.16. The lowest BCUT2D eigenvalue weighted by atomic mass is 10.2. The van der Waals surface area contributed by atoms with Gasteiger partial charge >= 0.3 is 0 Å². The molecular weight excluding hydrogens is 489 g/mol. The maximum atomic E-state index is 15.2. The van der Waals surface area contributed by atoms with E-state index in [1.807, 2.05) is 41.3 Å². The summed E-state index contributed by atoms with van der Waals surface area (Å²) in [5.74, 6) is -1.33. The molecule has 0 radical (unpaired) electrons. The van der Waals surface area contributed by atoms with Crippen LogP contribution in [0.4, 0.5) is 21.5 Å². The van der Waals surface area contributed by atoms with Crippen LogP contribution < -0.4 is 19.9 Å². The van der Waals surface area contributed by atoms with Crippen molar-refractivity contribution < 1.29 is 18.7 Å². The molecule has 0 aliphatic carbocycles. The highest BCUT2D eigenvalue weighted by Crippen LogP contribution is 2.41. The monoisotopic (exact) mass is 513 g/mol. The van der Waals surface area contributed by atoms with Gasteiger partial charge in [-0.15, -0.1) is 5.10 Å². The first-order valence-corrected chi connectivity index (χ1v) is 12.2. The van der Waals surface area contributed by atoms with E-state index in [0.717, 1.165) is 23.2 Å². The standard InChI is InChI=1S/C27H24FN7O3/c1-33-22-12-21(35-10-8-18-7-9-29-13-23(18)35)19(28)11-24(22)38-15-20(27(33)37)31-26(36)25-30-16-34(32-25)14-17-5-3-2-4-6-17/h2-7,9,11-13,16,20H,8,10,14-15H2,1H3,(H,31,36)/t20-/m0/s1. The van der Waals surface area contributed by atoms with Gasteiger partial charge in [0.05, 0.1) is 29.8 Å². The molecule has 1 atom stereocenters. The maximum absolute atomic E-state index is 15.2.